The van der Waals surface area contributed by atoms with E-state index in [-0.39, 0.29) is 0 Å². The zero-order valence-electron chi connectivity index (χ0n) is 14.4. The fourth-order valence-corrected chi connectivity index (χ4v) is 2.68. The molecule has 0 saturated carbocycles. The van der Waals surface area contributed by atoms with E-state index in [2.05, 4.69) is 20.1 Å². The SMILES string of the molecule is Cc1ccc(OCCN2CCN(c3ccc(C(F)(F)F)cn3)CC2)nn1. The minimum atomic E-state index is -4.36. The molecule has 26 heavy (non-hydrogen) atoms. The first-order chi connectivity index (χ1) is 12.4. The molecule has 140 valence electrons. The normalized spacial score (nSPS) is 15.9. The van der Waals surface area contributed by atoms with E-state index >= 15 is 0 Å². The largest absolute Gasteiger partial charge is 0.475 e. The standard InChI is InChI=1S/C17H20F3N5O/c1-13-2-5-16(23-22-13)26-11-10-24-6-8-25(9-7-24)15-4-3-14(12-21-15)17(18,19)20/h2-5,12H,6-11H2,1H3. The number of hydrogen-bond donors (Lipinski definition) is 0. The fourth-order valence-electron chi connectivity index (χ4n) is 2.68. The Kier molecular flexibility index (Phi) is 5.55. The third-order valence-corrected chi connectivity index (χ3v) is 4.20. The summed E-state index contributed by atoms with van der Waals surface area (Å²) < 4.78 is 43.4. The topological polar surface area (TPSA) is 54.4 Å². The molecule has 2 aromatic heterocycles. The van der Waals surface area contributed by atoms with E-state index < -0.39 is 11.7 Å². The van der Waals surface area contributed by atoms with Crippen molar-refractivity contribution in [2.75, 3.05) is 44.2 Å². The van der Waals surface area contributed by atoms with Gasteiger partial charge in [-0.2, -0.15) is 18.3 Å². The number of piperazine rings is 1. The van der Waals surface area contributed by atoms with Gasteiger partial charge in [0.15, 0.2) is 0 Å². The first-order valence-corrected chi connectivity index (χ1v) is 8.35. The van der Waals surface area contributed by atoms with Crippen LogP contribution in [0.15, 0.2) is 30.5 Å². The Labute approximate surface area is 149 Å². The molecule has 1 saturated heterocycles. The van der Waals surface area contributed by atoms with Gasteiger partial charge in [-0.1, -0.05) is 0 Å². The van der Waals surface area contributed by atoms with Crippen LogP contribution in [0, 0.1) is 6.92 Å². The van der Waals surface area contributed by atoms with E-state index in [0.717, 1.165) is 37.6 Å². The zero-order chi connectivity index (χ0) is 18.6. The number of aromatic nitrogens is 3. The first-order valence-electron chi connectivity index (χ1n) is 8.35. The lowest BCUT2D eigenvalue weighted by atomic mass is 10.2. The van der Waals surface area contributed by atoms with E-state index in [9.17, 15) is 13.2 Å². The molecule has 1 aliphatic rings. The lowest BCUT2D eigenvalue weighted by molar-refractivity contribution is -0.137. The maximum atomic E-state index is 12.6. The van der Waals surface area contributed by atoms with Crippen molar-refractivity contribution in [3.8, 4) is 5.88 Å². The number of halogens is 3. The molecule has 2 aromatic rings. The molecule has 0 spiro atoms. The molecule has 0 atom stereocenters. The summed E-state index contributed by atoms with van der Waals surface area (Å²) in [6, 6.07) is 6.14. The second kappa shape index (κ2) is 7.86. The summed E-state index contributed by atoms with van der Waals surface area (Å²) in [7, 11) is 0. The Morgan fingerprint density at radius 1 is 1.04 bits per heavy atom. The molecular weight excluding hydrogens is 347 g/mol. The molecule has 0 amide bonds. The molecule has 9 heteroatoms. The smallest absolute Gasteiger partial charge is 0.417 e. The van der Waals surface area contributed by atoms with Gasteiger partial charge in [-0.15, -0.1) is 5.10 Å². The van der Waals surface area contributed by atoms with Crippen LogP contribution in [0.25, 0.3) is 0 Å². The van der Waals surface area contributed by atoms with Gasteiger partial charge in [0.2, 0.25) is 5.88 Å². The van der Waals surface area contributed by atoms with Gasteiger partial charge in [-0.05, 0) is 25.1 Å². The molecule has 0 N–H and O–H groups in total. The van der Waals surface area contributed by atoms with Crippen LogP contribution < -0.4 is 9.64 Å². The van der Waals surface area contributed by atoms with Crippen molar-refractivity contribution < 1.29 is 17.9 Å². The summed E-state index contributed by atoms with van der Waals surface area (Å²) in [4.78, 5) is 8.18. The van der Waals surface area contributed by atoms with Gasteiger partial charge in [-0.25, -0.2) is 4.98 Å². The van der Waals surface area contributed by atoms with Crippen LogP contribution >= 0.6 is 0 Å². The molecule has 1 fully saturated rings. The highest BCUT2D eigenvalue weighted by Crippen LogP contribution is 2.29. The van der Waals surface area contributed by atoms with Gasteiger partial charge in [0.05, 0.1) is 11.3 Å². The number of pyridine rings is 1. The van der Waals surface area contributed by atoms with Crippen LogP contribution in [-0.4, -0.2) is 59.4 Å². The van der Waals surface area contributed by atoms with Gasteiger partial charge in [0.25, 0.3) is 0 Å². The van der Waals surface area contributed by atoms with E-state index in [0.29, 0.717) is 31.4 Å². The number of alkyl halides is 3. The van der Waals surface area contributed by atoms with Gasteiger partial charge in [0.1, 0.15) is 12.4 Å². The first kappa shape index (κ1) is 18.4. The Bertz CT molecular complexity index is 698. The Balaban J connectivity index is 1.43. The lowest BCUT2D eigenvalue weighted by Crippen LogP contribution is -2.47. The Morgan fingerprint density at radius 3 is 2.38 bits per heavy atom. The van der Waals surface area contributed by atoms with Crippen LogP contribution in [-0.2, 0) is 6.18 Å². The number of ether oxygens (including phenoxy) is 1. The van der Waals surface area contributed by atoms with Gasteiger partial charge < -0.3 is 9.64 Å². The van der Waals surface area contributed by atoms with Crippen molar-refractivity contribution in [2.45, 2.75) is 13.1 Å². The molecule has 0 aromatic carbocycles. The van der Waals surface area contributed by atoms with E-state index in [1.165, 1.54) is 6.07 Å². The van der Waals surface area contributed by atoms with E-state index in [1.807, 2.05) is 17.9 Å². The predicted molar refractivity (Wildman–Crippen MR) is 90.2 cm³/mol. The monoisotopic (exact) mass is 367 g/mol. The summed E-state index contributed by atoms with van der Waals surface area (Å²) in [6.07, 6.45) is -3.47. The van der Waals surface area contributed by atoms with Crippen molar-refractivity contribution in [2.24, 2.45) is 0 Å². The van der Waals surface area contributed by atoms with Gasteiger partial charge >= 0.3 is 6.18 Å². The average Bonchev–Trinajstić information content (AvgIpc) is 2.63. The van der Waals surface area contributed by atoms with Crippen molar-refractivity contribution in [1.29, 1.82) is 0 Å². The van der Waals surface area contributed by atoms with Crippen LogP contribution in [0.4, 0.5) is 19.0 Å². The molecule has 6 nitrogen and oxygen atoms in total. The minimum Gasteiger partial charge on any atom is -0.475 e. The maximum absolute atomic E-state index is 12.6. The van der Waals surface area contributed by atoms with Crippen LogP contribution in [0.2, 0.25) is 0 Å². The summed E-state index contributed by atoms with van der Waals surface area (Å²) >= 11 is 0. The van der Waals surface area contributed by atoms with Crippen LogP contribution in [0.3, 0.4) is 0 Å². The van der Waals surface area contributed by atoms with Crippen LogP contribution in [0.1, 0.15) is 11.3 Å². The number of anilines is 1. The highest BCUT2D eigenvalue weighted by Gasteiger charge is 2.31. The highest BCUT2D eigenvalue weighted by atomic mass is 19.4. The van der Waals surface area contributed by atoms with Crippen molar-refractivity contribution in [1.82, 2.24) is 20.1 Å². The average molecular weight is 367 g/mol. The van der Waals surface area contributed by atoms with E-state index in [1.54, 1.807) is 6.07 Å². The molecular formula is C17H20F3N5O. The number of hydrogen-bond acceptors (Lipinski definition) is 6. The molecule has 0 unspecified atom stereocenters. The van der Waals surface area contributed by atoms with E-state index in [4.69, 9.17) is 4.74 Å². The predicted octanol–water partition coefficient (Wildman–Crippen LogP) is 2.40. The third-order valence-electron chi connectivity index (χ3n) is 4.20. The maximum Gasteiger partial charge on any atom is 0.417 e. The second-order valence-corrected chi connectivity index (χ2v) is 6.09. The highest BCUT2D eigenvalue weighted by molar-refractivity contribution is 5.40. The summed E-state index contributed by atoms with van der Waals surface area (Å²) in [6.45, 7) is 6.14. The summed E-state index contributed by atoms with van der Waals surface area (Å²) in [5.41, 5.74) is 0.113. The number of rotatable bonds is 5. The third kappa shape index (κ3) is 4.81. The molecule has 3 rings (SSSR count). The Morgan fingerprint density at radius 2 is 1.81 bits per heavy atom. The fraction of sp³-hybridized carbons (Fsp3) is 0.471. The summed E-state index contributed by atoms with van der Waals surface area (Å²) in [5, 5.41) is 7.89. The van der Waals surface area contributed by atoms with Crippen LogP contribution in [0.5, 0.6) is 5.88 Å². The van der Waals surface area contributed by atoms with Crippen molar-refractivity contribution in [3.63, 3.8) is 0 Å². The van der Waals surface area contributed by atoms with Crippen molar-refractivity contribution in [3.05, 3.63) is 41.7 Å². The molecule has 1 aliphatic heterocycles. The van der Waals surface area contributed by atoms with Crippen molar-refractivity contribution >= 4 is 5.82 Å². The molecule has 3 heterocycles. The molecule has 0 radical (unpaired) electrons. The zero-order valence-corrected chi connectivity index (χ0v) is 14.4. The number of aryl methyl sites for hydroxylation is 1. The molecule has 0 bridgehead atoms. The second-order valence-electron chi connectivity index (χ2n) is 6.09. The minimum absolute atomic E-state index is 0.503. The molecule has 0 aliphatic carbocycles. The summed E-state index contributed by atoms with van der Waals surface area (Å²) in [5.74, 6) is 1.08. The quantitative estimate of drug-likeness (QED) is 0.809. The Hall–Kier alpha value is -2.42. The number of nitrogens with zero attached hydrogens (tertiary/aromatic N) is 5. The van der Waals surface area contributed by atoms with Gasteiger partial charge in [-0.3, -0.25) is 4.90 Å². The lowest BCUT2D eigenvalue weighted by Gasteiger charge is -2.35. The van der Waals surface area contributed by atoms with Gasteiger partial charge in [0, 0.05) is 45.0 Å².